The minimum atomic E-state index is -0.463. The van der Waals surface area contributed by atoms with Crippen LogP contribution >= 0.6 is 0 Å². The summed E-state index contributed by atoms with van der Waals surface area (Å²) in [7, 11) is 1.57. The summed E-state index contributed by atoms with van der Waals surface area (Å²) in [5.41, 5.74) is 0.854. The van der Waals surface area contributed by atoms with Gasteiger partial charge in [-0.2, -0.15) is 0 Å². The summed E-state index contributed by atoms with van der Waals surface area (Å²) in [6.07, 6.45) is 5.05. The highest BCUT2D eigenvalue weighted by atomic mass is 16.6. The number of rotatable bonds is 7. The Morgan fingerprint density at radius 1 is 1.35 bits per heavy atom. The standard InChI is InChI=1S/C15H17NO4/c1-12(17)10-11-14(16(18)19)8-5-7-13-6-3-4-9-15(13)20-2/h3-9H,10-11H2,1-2H3/b7-5+,14-8+. The molecule has 106 valence electrons. The van der Waals surface area contributed by atoms with Crippen LogP contribution in [0.2, 0.25) is 0 Å². The number of allylic oxidation sites excluding steroid dienone is 3. The molecule has 0 bridgehead atoms. The summed E-state index contributed by atoms with van der Waals surface area (Å²) < 4.78 is 5.18. The van der Waals surface area contributed by atoms with E-state index >= 15 is 0 Å². The van der Waals surface area contributed by atoms with Crippen molar-refractivity contribution in [2.45, 2.75) is 19.8 Å². The maximum atomic E-state index is 10.9. The molecule has 1 aromatic rings. The van der Waals surface area contributed by atoms with Gasteiger partial charge >= 0.3 is 0 Å². The van der Waals surface area contributed by atoms with E-state index in [0.29, 0.717) is 5.75 Å². The fourth-order valence-electron chi connectivity index (χ4n) is 1.61. The van der Waals surface area contributed by atoms with Gasteiger partial charge in [0.1, 0.15) is 11.5 Å². The molecular formula is C15H17NO4. The lowest BCUT2D eigenvalue weighted by atomic mass is 10.1. The van der Waals surface area contributed by atoms with Gasteiger partial charge < -0.3 is 9.53 Å². The van der Waals surface area contributed by atoms with Crippen LogP contribution in [0.15, 0.2) is 42.1 Å². The molecule has 1 aromatic carbocycles. The molecule has 0 saturated heterocycles. The van der Waals surface area contributed by atoms with E-state index < -0.39 is 4.92 Å². The number of benzene rings is 1. The number of Topliss-reactive ketones (excluding diaryl/α,β-unsaturated/α-hetero) is 1. The van der Waals surface area contributed by atoms with E-state index in [0.717, 1.165) is 5.56 Å². The smallest absolute Gasteiger partial charge is 0.246 e. The van der Waals surface area contributed by atoms with Crippen LogP contribution in [0.5, 0.6) is 5.75 Å². The van der Waals surface area contributed by atoms with Crippen molar-refractivity contribution < 1.29 is 14.5 Å². The number of nitro groups is 1. The summed E-state index contributed by atoms with van der Waals surface area (Å²) in [6.45, 7) is 1.42. The maximum Gasteiger partial charge on any atom is 0.246 e. The highest BCUT2D eigenvalue weighted by molar-refractivity contribution is 5.75. The predicted octanol–water partition coefficient (Wildman–Crippen LogP) is 3.24. The van der Waals surface area contributed by atoms with E-state index in [1.165, 1.54) is 13.0 Å². The fourth-order valence-corrected chi connectivity index (χ4v) is 1.61. The van der Waals surface area contributed by atoms with Gasteiger partial charge in [-0.05, 0) is 13.0 Å². The molecule has 0 atom stereocenters. The average molecular weight is 275 g/mol. The molecule has 20 heavy (non-hydrogen) atoms. The molecule has 0 unspecified atom stereocenters. The Morgan fingerprint density at radius 3 is 2.65 bits per heavy atom. The predicted molar refractivity (Wildman–Crippen MR) is 77.0 cm³/mol. The molecule has 0 saturated carbocycles. The Hall–Kier alpha value is -2.43. The zero-order valence-corrected chi connectivity index (χ0v) is 11.5. The molecule has 0 aromatic heterocycles. The van der Waals surface area contributed by atoms with Gasteiger partial charge in [0.2, 0.25) is 5.70 Å². The molecule has 0 heterocycles. The van der Waals surface area contributed by atoms with Gasteiger partial charge in [-0.1, -0.05) is 30.4 Å². The minimum Gasteiger partial charge on any atom is -0.496 e. The van der Waals surface area contributed by atoms with E-state index in [1.807, 2.05) is 24.3 Å². The number of ketones is 1. The molecule has 1 rings (SSSR count). The molecule has 5 nitrogen and oxygen atoms in total. The molecule has 0 N–H and O–H groups in total. The van der Waals surface area contributed by atoms with E-state index in [4.69, 9.17) is 4.74 Å². The zero-order chi connectivity index (χ0) is 15.0. The van der Waals surface area contributed by atoms with Crippen LogP contribution in [0.1, 0.15) is 25.3 Å². The second kappa shape index (κ2) is 7.89. The van der Waals surface area contributed by atoms with Gasteiger partial charge in [0, 0.05) is 24.5 Å². The Morgan fingerprint density at radius 2 is 2.05 bits per heavy atom. The lowest BCUT2D eigenvalue weighted by molar-refractivity contribution is -0.427. The minimum absolute atomic E-state index is 0.0198. The molecule has 0 fully saturated rings. The van der Waals surface area contributed by atoms with Crippen molar-refractivity contribution in [1.82, 2.24) is 0 Å². The molecule has 0 spiro atoms. The highest BCUT2D eigenvalue weighted by Gasteiger charge is 2.10. The topological polar surface area (TPSA) is 69.4 Å². The monoisotopic (exact) mass is 275 g/mol. The summed E-state index contributed by atoms with van der Waals surface area (Å²) in [5, 5.41) is 10.8. The largest absolute Gasteiger partial charge is 0.496 e. The van der Waals surface area contributed by atoms with E-state index in [-0.39, 0.29) is 24.3 Å². The first kappa shape index (κ1) is 15.6. The highest BCUT2D eigenvalue weighted by Crippen LogP contribution is 2.19. The van der Waals surface area contributed by atoms with E-state index in [2.05, 4.69) is 0 Å². The van der Waals surface area contributed by atoms with Gasteiger partial charge in [0.15, 0.2) is 0 Å². The average Bonchev–Trinajstić information content (AvgIpc) is 2.42. The van der Waals surface area contributed by atoms with Crippen molar-refractivity contribution in [2.75, 3.05) is 7.11 Å². The number of methoxy groups -OCH3 is 1. The molecule has 0 aliphatic rings. The van der Waals surface area contributed by atoms with Gasteiger partial charge in [0.05, 0.1) is 12.0 Å². The van der Waals surface area contributed by atoms with Crippen molar-refractivity contribution >= 4 is 11.9 Å². The van der Waals surface area contributed by atoms with E-state index in [9.17, 15) is 14.9 Å². The number of nitrogens with zero attached hydrogens (tertiary/aromatic N) is 1. The molecule has 5 heteroatoms. The quantitative estimate of drug-likeness (QED) is 0.435. The van der Waals surface area contributed by atoms with Gasteiger partial charge in [-0.15, -0.1) is 0 Å². The van der Waals surface area contributed by atoms with Crippen LogP contribution in [0.4, 0.5) is 0 Å². The van der Waals surface area contributed by atoms with Crippen molar-refractivity contribution in [2.24, 2.45) is 0 Å². The van der Waals surface area contributed by atoms with Gasteiger partial charge in [0.25, 0.3) is 0 Å². The summed E-state index contributed by atoms with van der Waals surface area (Å²) in [6, 6.07) is 7.37. The molecule has 0 amide bonds. The normalized spacial score (nSPS) is 11.6. The summed E-state index contributed by atoms with van der Waals surface area (Å²) in [4.78, 5) is 21.2. The first-order valence-electron chi connectivity index (χ1n) is 6.18. The van der Waals surface area contributed by atoms with Crippen LogP contribution in [0.3, 0.4) is 0 Å². The Labute approximate surface area is 117 Å². The second-order valence-corrected chi connectivity index (χ2v) is 4.22. The molecule has 0 aliphatic carbocycles. The van der Waals surface area contributed by atoms with Crippen LogP contribution in [0, 0.1) is 10.1 Å². The number of carbonyl (C=O) groups is 1. The third kappa shape index (κ3) is 5.06. The van der Waals surface area contributed by atoms with Crippen molar-refractivity contribution in [3.63, 3.8) is 0 Å². The molecule has 0 aliphatic heterocycles. The van der Waals surface area contributed by atoms with Crippen LogP contribution in [0.25, 0.3) is 6.08 Å². The second-order valence-electron chi connectivity index (χ2n) is 4.22. The number of hydrogen-bond acceptors (Lipinski definition) is 4. The van der Waals surface area contributed by atoms with E-state index in [1.54, 1.807) is 19.3 Å². The first-order valence-corrected chi connectivity index (χ1v) is 6.18. The molecular weight excluding hydrogens is 258 g/mol. The maximum absolute atomic E-state index is 10.9. The molecule has 0 radical (unpaired) electrons. The van der Waals surface area contributed by atoms with Crippen LogP contribution in [-0.2, 0) is 4.79 Å². The fraction of sp³-hybridized carbons (Fsp3) is 0.267. The van der Waals surface area contributed by atoms with Crippen LogP contribution < -0.4 is 4.74 Å². The lowest BCUT2D eigenvalue weighted by Gasteiger charge is -2.02. The van der Waals surface area contributed by atoms with Gasteiger partial charge in [-0.3, -0.25) is 10.1 Å². The van der Waals surface area contributed by atoms with Gasteiger partial charge in [-0.25, -0.2) is 0 Å². The number of para-hydroxylation sites is 1. The number of hydrogen-bond donors (Lipinski definition) is 0. The first-order chi connectivity index (χ1) is 9.54. The third-order valence-corrected chi connectivity index (χ3v) is 2.67. The Bertz CT molecular complexity index is 547. The summed E-state index contributed by atoms with van der Waals surface area (Å²) >= 11 is 0. The van der Waals surface area contributed by atoms with Crippen molar-refractivity contribution in [1.29, 1.82) is 0 Å². The zero-order valence-electron chi connectivity index (χ0n) is 11.5. The number of carbonyl (C=O) groups excluding carboxylic acids is 1. The Kier molecular flexibility index (Phi) is 6.16. The Balaban J connectivity index is 2.83. The summed E-state index contributed by atoms with van der Waals surface area (Å²) in [5.74, 6) is 0.634. The van der Waals surface area contributed by atoms with Crippen molar-refractivity contribution in [3.05, 3.63) is 57.8 Å². The SMILES string of the molecule is COc1ccccc1/C=C/C=C(\CCC(C)=O)[N+](=O)[O-]. The third-order valence-electron chi connectivity index (χ3n) is 2.67. The van der Waals surface area contributed by atoms with Crippen molar-refractivity contribution in [3.8, 4) is 5.75 Å². The lowest BCUT2D eigenvalue weighted by Crippen LogP contribution is -2.01. The van der Waals surface area contributed by atoms with Crippen LogP contribution in [-0.4, -0.2) is 17.8 Å². The number of ether oxygens (including phenoxy) is 1.